The van der Waals surface area contributed by atoms with E-state index in [1.54, 1.807) is 0 Å². The highest BCUT2D eigenvalue weighted by molar-refractivity contribution is 6.12. The van der Waals surface area contributed by atoms with Gasteiger partial charge >= 0.3 is 0 Å². The third kappa shape index (κ3) is 5.21. The lowest BCUT2D eigenvalue weighted by molar-refractivity contribution is 1.26. The zero-order chi connectivity index (χ0) is 33.9. The molecule has 8 aromatic rings. The molecule has 1 aliphatic rings. The molecule has 1 aliphatic carbocycles. The van der Waals surface area contributed by atoms with Gasteiger partial charge < -0.3 is 9.80 Å². The summed E-state index contributed by atoms with van der Waals surface area (Å²) in [6, 6.07) is 58.4. The highest BCUT2D eigenvalue weighted by Gasteiger charge is 2.25. The van der Waals surface area contributed by atoms with Crippen molar-refractivity contribution in [2.24, 2.45) is 0 Å². The molecule has 0 N–H and O–H groups in total. The Bertz CT molecular complexity index is 2340. The molecule has 9 rings (SSSR count). The molecule has 0 aromatic heterocycles. The van der Waals surface area contributed by atoms with Crippen LogP contribution in [0.5, 0.6) is 0 Å². The normalized spacial score (nSPS) is 11.6. The van der Waals surface area contributed by atoms with Gasteiger partial charge in [0.25, 0.3) is 0 Å². The molecule has 0 heterocycles. The zero-order valence-corrected chi connectivity index (χ0v) is 28.9. The van der Waals surface area contributed by atoms with Crippen LogP contribution in [0.25, 0.3) is 43.8 Å². The molecule has 240 valence electrons. The highest BCUT2D eigenvalue weighted by atomic mass is 15.1. The molecule has 50 heavy (non-hydrogen) atoms. The average Bonchev–Trinajstić information content (AvgIpc) is 3.11. The van der Waals surface area contributed by atoms with Gasteiger partial charge in [0.05, 0.1) is 0 Å². The number of hydrogen-bond donors (Lipinski definition) is 0. The van der Waals surface area contributed by atoms with Gasteiger partial charge in [-0.25, -0.2) is 0 Å². The summed E-state index contributed by atoms with van der Waals surface area (Å²) in [4.78, 5) is 4.74. The van der Waals surface area contributed by atoms with Crippen LogP contribution in [0.1, 0.15) is 22.3 Å². The summed E-state index contributed by atoms with van der Waals surface area (Å²) in [5.74, 6) is 0. The topological polar surface area (TPSA) is 6.48 Å². The van der Waals surface area contributed by atoms with Gasteiger partial charge in [0.1, 0.15) is 0 Å². The lowest BCUT2D eigenvalue weighted by atomic mass is 9.78. The van der Waals surface area contributed by atoms with Crippen LogP contribution in [0.4, 0.5) is 34.1 Å². The Morgan fingerprint density at radius 2 is 0.540 bits per heavy atom. The van der Waals surface area contributed by atoms with Crippen molar-refractivity contribution >= 4 is 55.7 Å². The third-order valence-corrected chi connectivity index (χ3v) is 10.1. The van der Waals surface area contributed by atoms with E-state index in [-0.39, 0.29) is 0 Å². The second-order valence-electron chi connectivity index (χ2n) is 13.9. The van der Waals surface area contributed by atoms with E-state index in [4.69, 9.17) is 0 Å². The Balaban J connectivity index is 1.13. The average molecular weight is 643 g/mol. The fraction of sp³-hybridized carbons (Fsp3) is 0.0833. The second-order valence-corrected chi connectivity index (χ2v) is 13.9. The van der Waals surface area contributed by atoms with Crippen molar-refractivity contribution < 1.29 is 0 Å². The number of hydrogen-bond acceptors (Lipinski definition) is 2. The van der Waals surface area contributed by atoms with Gasteiger partial charge in [0, 0.05) is 34.1 Å². The summed E-state index contributed by atoms with van der Waals surface area (Å²) in [6.45, 7) is 8.63. The monoisotopic (exact) mass is 642 g/mol. The summed E-state index contributed by atoms with van der Waals surface area (Å²) in [6.07, 6.45) is 0. The van der Waals surface area contributed by atoms with Crippen LogP contribution in [0.3, 0.4) is 0 Å². The molecule has 0 bridgehead atoms. The van der Waals surface area contributed by atoms with E-state index < -0.39 is 0 Å². The first kappa shape index (κ1) is 30.0. The SMILES string of the molecule is Cc1cccc(N(c2cccc(C)c2)c2ccc3cc4c(cc3c2)-c2cc3cc(N(c5cccc(C)c5)c5cccc(C)c5)ccc3cc2-4)c1. The highest BCUT2D eigenvalue weighted by Crippen LogP contribution is 2.51. The van der Waals surface area contributed by atoms with E-state index in [1.807, 2.05) is 0 Å². The minimum atomic E-state index is 1.16. The molecule has 0 radical (unpaired) electrons. The van der Waals surface area contributed by atoms with Gasteiger partial charge in [-0.1, -0.05) is 60.7 Å². The second kappa shape index (κ2) is 11.8. The van der Waals surface area contributed by atoms with E-state index in [1.165, 1.54) is 66.1 Å². The van der Waals surface area contributed by atoms with Gasteiger partial charge in [0.2, 0.25) is 0 Å². The van der Waals surface area contributed by atoms with Gasteiger partial charge in [-0.15, -0.1) is 0 Å². The molecule has 0 aliphatic heterocycles. The standard InChI is InChI=1S/C48H38N2/c1-31-9-5-13-39(21-31)49(40-14-6-10-32(2)22-40)43-19-17-35-27-45-46-28-36-18-20-44(26-38(36)30-48(46)47(45)29-37(35)25-43)50(41-15-7-11-33(3)23-41)42-16-8-12-34(4)24-42/h5-30H,1-4H3. The van der Waals surface area contributed by atoms with E-state index in [9.17, 15) is 0 Å². The van der Waals surface area contributed by atoms with Gasteiger partial charge in [-0.2, -0.15) is 0 Å². The van der Waals surface area contributed by atoms with Crippen molar-refractivity contribution in [3.8, 4) is 22.3 Å². The van der Waals surface area contributed by atoms with Crippen molar-refractivity contribution in [3.63, 3.8) is 0 Å². The molecular formula is C48H38N2. The van der Waals surface area contributed by atoms with Crippen LogP contribution in [0, 0.1) is 27.7 Å². The number of fused-ring (bicyclic) bond motifs is 6. The molecule has 0 unspecified atom stereocenters. The van der Waals surface area contributed by atoms with Crippen molar-refractivity contribution in [3.05, 3.63) is 180 Å². The number of nitrogens with zero attached hydrogens (tertiary/aromatic N) is 2. The summed E-state index contributed by atoms with van der Waals surface area (Å²) in [5.41, 5.74) is 17.3. The molecular weight excluding hydrogens is 605 g/mol. The number of anilines is 6. The Morgan fingerprint density at radius 3 is 0.840 bits per heavy atom. The zero-order valence-electron chi connectivity index (χ0n) is 28.9. The van der Waals surface area contributed by atoms with E-state index in [0.717, 1.165) is 34.1 Å². The minimum absolute atomic E-state index is 1.16. The molecule has 8 aromatic carbocycles. The summed E-state index contributed by atoms with van der Waals surface area (Å²) >= 11 is 0. The third-order valence-electron chi connectivity index (χ3n) is 10.1. The predicted octanol–water partition coefficient (Wildman–Crippen LogP) is 13.8. The first-order valence-corrected chi connectivity index (χ1v) is 17.4. The van der Waals surface area contributed by atoms with E-state index >= 15 is 0 Å². The predicted molar refractivity (Wildman–Crippen MR) is 214 cm³/mol. The van der Waals surface area contributed by atoms with Gasteiger partial charge in [-0.3, -0.25) is 0 Å². The fourth-order valence-corrected chi connectivity index (χ4v) is 7.64. The van der Waals surface area contributed by atoms with Crippen LogP contribution in [0.15, 0.2) is 158 Å². The molecule has 2 nitrogen and oxygen atoms in total. The molecule has 0 saturated carbocycles. The van der Waals surface area contributed by atoms with Crippen molar-refractivity contribution in [1.82, 2.24) is 0 Å². The quantitative estimate of drug-likeness (QED) is 0.178. The van der Waals surface area contributed by atoms with Gasteiger partial charge in [0.15, 0.2) is 0 Å². The molecule has 0 atom stereocenters. The first-order chi connectivity index (χ1) is 24.4. The Hall–Kier alpha value is -6.12. The maximum absolute atomic E-state index is 2.39. The summed E-state index contributed by atoms with van der Waals surface area (Å²) in [5, 5.41) is 5.01. The molecule has 0 saturated heterocycles. The van der Waals surface area contributed by atoms with Crippen LogP contribution >= 0.6 is 0 Å². The van der Waals surface area contributed by atoms with Crippen LogP contribution in [-0.2, 0) is 0 Å². The van der Waals surface area contributed by atoms with Crippen molar-refractivity contribution in [1.29, 1.82) is 0 Å². The minimum Gasteiger partial charge on any atom is -0.310 e. The van der Waals surface area contributed by atoms with Crippen LogP contribution < -0.4 is 9.80 Å². The lowest BCUT2D eigenvalue weighted by Crippen LogP contribution is -2.10. The molecule has 2 heteroatoms. The van der Waals surface area contributed by atoms with Gasteiger partial charge in [-0.05, 0) is 191 Å². The lowest BCUT2D eigenvalue weighted by Gasteiger charge is -2.29. The Morgan fingerprint density at radius 1 is 0.260 bits per heavy atom. The smallest absolute Gasteiger partial charge is 0.0468 e. The fourth-order valence-electron chi connectivity index (χ4n) is 7.64. The summed E-state index contributed by atoms with van der Waals surface area (Å²) < 4.78 is 0. The van der Waals surface area contributed by atoms with Crippen LogP contribution in [-0.4, -0.2) is 0 Å². The molecule has 0 fully saturated rings. The first-order valence-electron chi connectivity index (χ1n) is 17.4. The Kier molecular flexibility index (Phi) is 7.07. The number of rotatable bonds is 6. The van der Waals surface area contributed by atoms with E-state index in [0.29, 0.717) is 0 Å². The Labute approximate surface area is 294 Å². The van der Waals surface area contributed by atoms with E-state index in [2.05, 4.69) is 195 Å². The molecule has 0 amide bonds. The molecule has 0 spiro atoms. The summed E-state index contributed by atoms with van der Waals surface area (Å²) in [7, 11) is 0. The number of aryl methyl sites for hydroxylation is 4. The van der Waals surface area contributed by atoms with Crippen LogP contribution in [0.2, 0.25) is 0 Å². The van der Waals surface area contributed by atoms with Crippen molar-refractivity contribution in [2.45, 2.75) is 27.7 Å². The number of benzene rings is 8. The maximum atomic E-state index is 2.39. The maximum Gasteiger partial charge on any atom is 0.0468 e. The largest absolute Gasteiger partial charge is 0.310 e. The van der Waals surface area contributed by atoms with Crippen molar-refractivity contribution in [2.75, 3.05) is 9.80 Å².